The SMILES string of the molecule is CC1=N/C(=N/c2[nH]c(C)c3c2-c2ccccc2CC3)C2=C1CCc1ccccc12. The standard InChI is InChI=1S/C26H23N3/c1-15-19-13-11-17-7-3-5-9-21(17)23(19)25(27-15)29-26-24-20(16(2)28-26)14-12-18-8-4-6-10-22(18)24/h3-10,27H,11-14H2,1-2H3/b29-26+. The Bertz CT molecular complexity index is 1270. The van der Waals surface area contributed by atoms with Gasteiger partial charge in [0.2, 0.25) is 0 Å². The summed E-state index contributed by atoms with van der Waals surface area (Å²) in [6, 6.07) is 17.4. The summed E-state index contributed by atoms with van der Waals surface area (Å²) < 4.78 is 0. The van der Waals surface area contributed by atoms with Gasteiger partial charge >= 0.3 is 0 Å². The number of benzene rings is 2. The van der Waals surface area contributed by atoms with Gasteiger partial charge in [0.05, 0.1) is 0 Å². The fourth-order valence-corrected chi connectivity index (χ4v) is 5.19. The lowest BCUT2D eigenvalue weighted by atomic mass is 9.85. The zero-order valence-corrected chi connectivity index (χ0v) is 16.8. The Hall–Kier alpha value is -3.20. The minimum atomic E-state index is 0.858. The maximum Gasteiger partial charge on any atom is 0.162 e. The smallest absolute Gasteiger partial charge is 0.162 e. The first kappa shape index (κ1) is 16.7. The maximum atomic E-state index is 5.14. The van der Waals surface area contributed by atoms with Crippen molar-refractivity contribution in [1.29, 1.82) is 0 Å². The third kappa shape index (κ3) is 2.43. The van der Waals surface area contributed by atoms with Crippen molar-refractivity contribution < 1.29 is 0 Å². The number of H-pyrrole nitrogens is 1. The van der Waals surface area contributed by atoms with Crippen LogP contribution in [0.5, 0.6) is 0 Å². The molecule has 0 radical (unpaired) electrons. The lowest BCUT2D eigenvalue weighted by Crippen LogP contribution is -2.08. The molecule has 6 rings (SSSR count). The molecule has 1 aromatic heterocycles. The second-order valence-electron chi connectivity index (χ2n) is 8.25. The number of aromatic amines is 1. The number of nitrogens with zero attached hydrogens (tertiary/aromatic N) is 2. The van der Waals surface area contributed by atoms with Crippen molar-refractivity contribution >= 4 is 22.9 Å². The monoisotopic (exact) mass is 377 g/mol. The van der Waals surface area contributed by atoms with Crippen LogP contribution in [0.15, 0.2) is 64.1 Å². The molecule has 0 fully saturated rings. The molecule has 29 heavy (non-hydrogen) atoms. The zero-order valence-electron chi connectivity index (χ0n) is 16.8. The van der Waals surface area contributed by atoms with Gasteiger partial charge in [-0.2, -0.15) is 0 Å². The second kappa shape index (κ2) is 6.15. The average Bonchev–Trinajstić information content (AvgIpc) is 3.25. The maximum absolute atomic E-state index is 5.14. The predicted molar refractivity (Wildman–Crippen MR) is 120 cm³/mol. The molecule has 1 N–H and O–H groups in total. The highest BCUT2D eigenvalue weighted by molar-refractivity contribution is 6.37. The van der Waals surface area contributed by atoms with Crippen LogP contribution in [0.2, 0.25) is 0 Å². The van der Waals surface area contributed by atoms with Crippen molar-refractivity contribution in [1.82, 2.24) is 4.98 Å². The molecule has 0 spiro atoms. The minimum Gasteiger partial charge on any atom is -0.343 e. The van der Waals surface area contributed by atoms with E-state index in [2.05, 4.69) is 67.4 Å². The van der Waals surface area contributed by atoms with Gasteiger partial charge < -0.3 is 4.98 Å². The first-order valence-electron chi connectivity index (χ1n) is 10.5. The summed E-state index contributed by atoms with van der Waals surface area (Å²) >= 11 is 0. The molecule has 142 valence electrons. The number of aryl methyl sites for hydroxylation is 3. The Labute approximate surface area is 170 Å². The Morgan fingerprint density at radius 3 is 2.34 bits per heavy atom. The van der Waals surface area contributed by atoms with E-state index in [0.29, 0.717) is 0 Å². The van der Waals surface area contributed by atoms with Crippen molar-refractivity contribution in [3.8, 4) is 11.1 Å². The van der Waals surface area contributed by atoms with Crippen LogP contribution in [0.25, 0.3) is 16.7 Å². The Kier molecular flexibility index (Phi) is 3.55. The van der Waals surface area contributed by atoms with Gasteiger partial charge in [-0.1, -0.05) is 48.5 Å². The summed E-state index contributed by atoms with van der Waals surface area (Å²) in [5.41, 5.74) is 13.0. The topological polar surface area (TPSA) is 40.5 Å². The third-order valence-electron chi connectivity index (χ3n) is 6.61. The molecule has 0 saturated carbocycles. The highest BCUT2D eigenvalue weighted by Crippen LogP contribution is 2.43. The van der Waals surface area contributed by atoms with E-state index in [1.807, 2.05) is 0 Å². The van der Waals surface area contributed by atoms with Crippen molar-refractivity contribution in [3.63, 3.8) is 0 Å². The number of allylic oxidation sites excluding steroid dienone is 1. The van der Waals surface area contributed by atoms with E-state index < -0.39 is 0 Å². The highest BCUT2D eigenvalue weighted by atomic mass is 15.0. The van der Waals surface area contributed by atoms with Gasteiger partial charge in [-0.05, 0) is 72.9 Å². The molecule has 3 aromatic rings. The molecule has 0 unspecified atom stereocenters. The van der Waals surface area contributed by atoms with Crippen LogP contribution < -0.4 is 0 Å². The fraction of sp³-hybridized carbons (Fsp3) is 0.231. The van der Waals surface area contributed by atoms with Crippen molar-refractivity contribution in [2.75, 3.05) is 0 Å². The molecule has 2 heterocycles. The number of hydrogen-bond acceptors (Lipinski definition) is 1. The van der Waals surface area contributed by atoms with E-state index in [-0.39, 0.29) is 0 Å². The number of rotatable bonds is 1. The third-order valence-corrected chi connectivity index (χ3v) is 6.61. The minimum absolute atomic E-state index is 0.858. The predicted octanol–water partition coefficient (Wildman–Crippen LogP) is 5.99. The van der Waals surface area contributed by atoms with Crippen molar-refractivity contribution in [3.05, 3.63) is 82.1 Å². The number of amidine groups is 1. The van der Waals surface area contributed by atoms with E-state index in [9.17, 15) is 0 Å². The van der Waals surface area contributed by atoms with Crippen LogP contribution in [0, 0.1) is 6.92 Å². The number of aromatic nitrogens is 1. The van der Waals surface area contributed by atoms with Crippen molar-refractivity contribution in [2.45, 2.75) is 39.5 Å². The Morgan fingerprint density at radius 1 is 0.828 bits per heavy atom. The van der Waals surface area contributed by atoms with Gasteiger partial charge in [0.1, 0.15) is 5.82 Å². The molecule has 3 aliphatic rings. The zero-order chi connectivity index (χ0) is 19.5. The molecule has 0 saturated heterocycles. The summed E-state index contributed by atoms with van der Waals surface area (Å²) in [5.74, 6) is 1.81. The van der Waals surface area contributed by atoms with Crippen molar-refractivity contribution in [2.24, 2.45) is 9.98 Å². The summed E-state index contributed by atoms with van der Waals surface area (Å²) in [7, 11) is 0. The van der Waals surface area contributed by atoms with Crippen LogP contribution in [-0.2, 0) is 19.3 Å². The first-order chi connectivity index (χ1) is 14.2. The largest absolute Gasteiger partial charge is 0.343 e. The number of nitrogens with one attached hydrogen (secondary N) is 1. The Balaban J connectivity index is 1.55. The number of aliphatic imine (C=N–C) groups is 2. The highest BCUT2D eigenvalue weighted by Gasteiger charge is 2.30. The van der Waals surface area contributed by atoms with E-state index in [4.69, 9.17) is 9.98 Å². The van der Waals surface area contributed by atoms with E-state index >= 15 is 0 Å². The van der Waals surface area contributed by atoms with Crippen LogP contribution in [0.3, 0.4) is 0 Å². The van der Waals surface area contributed by atoms with E-state index in [0.717, 1.165) is 43.0 Å². The lowest BCUT2D eigenvalue weighted by Gasteiger charge is -2.19. The lowest BCUT2D eigenvalue weighted by molar-refractivity contribution is 0.933. The fourth-order valence-electron chi connectivity index (χ4n) is 5.19. The van der Waals surface area contributed by atoms with E-state index in [1.165, 1.54) is 50.2 Å². The number of hydrogen-bond donors (Lipinski definition) is 1. The van der Waals surface area contributed by atoms with Gasteiger partial charge in [0.15, 0.2) is 5.84 Å². The van der Waals surface area contributed by atoms with Gasteiger partial charge in [-0.3, -0.25) is 0 Å². The van der Waals surface area contributed by atoms with Crippen LogP contribution in [-0.4, -0.2) is 16.5 Å². The summed E-state index contributed by atoms with van der Waals surface area (Å²) in [4.78, 5) is 13.6. The summed E-state index contributed by atoms with van der Waals surface area (Å²) in [6.45, 7) is 4.29. The van der Waals surface area contributed by atoms with Crippen LogP contribution in [0.1, 0.15) is 41.3 Å². The normalized spacial score (nSPS) is 18.3. The molecular weight excluding hydrogens is 354 g/mol. The molecule has 0 amide bonds. The molecular formula is C26H23N3. The van der Waals surface area contributed by atoms with Gasteiger partial charge in [0, 0.05) is 22.5 Å². The average molecular weight is 377 g/mol. The van der Waals surface area contributed by atoms with Gasteiger partial charge in [-0.25, -0.2) is 9.98 Å². The second-order valence-corrected chi connectivity index (χ2v) is 8.25. The molecule has 3 heteroatoms. The van der Waals surface area contributed by atoms with Gasteiger partial charge in [0.25, 0.3) is 0 Å². The molecule has 2 aliphatic carbocycles. The molecule has 0 atom stereocenters. The van der Waals surface area contributed by atoms with E-state index in [1.54, 1.807) is 0 Å². The number of fused-ring (bicyclic) bond motifs is 5. The Morgan fingerprint density at radius 2 is 1.52 bits per heavy atom. The van der Waals surface area contributed by atoms with Crippen LogP contribution in [0.4, 0.5) is 5.82 Å². The molecule has 0 bridgehead atoms. The molecule has 1 aliphatic heterocycles. The quantitative estimate of drug-likeness (QED) is 0.541. The molecule has 2 aromatic carbocycles. The summed E-state index contributed by atoms with van der Waals surface area (Å²) in [5, 5.41) is 0. The summed E-state index contributed by atoms with van der Waals surface area (Å²) in [6.07, 6.45) is 4.29. The van der Waals surface area contributed by atoms with Gasteiger partial charge in [-0.15, -0.1) is 0 Å². The first-order valence-corrected chi connectivity index (χ1v) is 10.5. The molecule has 3 nitrogen and oxygen atoms in total. The van der Waals surface area contributed by atoms with Crippen LogP contribution >= 0.6 is 0 Å².